The minimum absolute atomic E-state index is 0.0726. The lowest BCUT2D eigenvalue weighted by molar-refractivity contribution is -0.136. The maximum Gasteiger partial charge on any atom is 0.325 e. The van der Waals surface area contributed by atoms with Crippen LogP contribution in [0.1, 0.15) is 38.2 Å². The van der Waals surface area contributed by atoms with Gasteiger partial charge in [-0.3, -0.25) is 19.3 Å². The molecule has 0 aromatic heterocycles. The van der Waals surface area contributed by atoms with Crippen LogP contribution in [-0.2, 0) is 16.0 Å². The second-order valence-corrected chi connectivity index (χ2v) is 9.95. The molecular formula is C25H30N4O4S. The maximum atomic E-state index is 13.6. The van der Waals surface area contributed by atoms with Crippen molar-refractivity contribution in [3.05, 3.63) is 35.9 Å². The average molecular weight is 483 g/mol. The van der Waals surface area contributed by atoms with Crippen LogP contribution in [0, 0.1) is 17.8 Å². The molecule has 3 aliphatic heterocycles. The Bertz CT molecular complexity index is 1010. The number of likely N-dealkylation sites (tertiary alicyclic amines) is 1. The minimum Gasteiger partial charge on any atom is -0.341 e. The third kappa shape index (κ3) is 4.92. The number of hydrogen-bond acceptors (Lipinski definition) is 5. The standard InChI is InChI=1S/C25H30N4O4S/c1-2-3-14-29-22(31)25(27-23(29)32,13-7-10-18-8-5-4-6-9-18)19-11-15-28(16-12-19)21(30)20-17-34-24(33)26-20/h4-6,8-9,19-20H,7,10-17H2,1H3,(H,26,33)(H,27,32)/t20-,25+/m0/s1. The Morgan fingerprint density at radius 2 is 1.91 bits per heavy atom. The van der Waals surface area contributed by atoms with Crippen LogP contribution < -0.4 is 10.6 Å². The van der Waals surface area contributed by atoms with E-state index in [9.17, 15) is 19.2 Å². The van der Waals surface area contributed by atoms with Crippen LogP contribution in [0.4, 0.5) is 9.59 Å². The summed E-state index contributed by atoms with van der Waals surface area (Å²) in [5.74, 6) is 5.68. The number of amides is 5. The van der Waals surface area contributed by atoms with Gasteiger partial charge in [0.25, 0.3) is 11.1 Å². The highest BCUT2D eigenvalue weighted by Gasteiger charge is 2.55. The first-order chi connectivity index (χ1) is 16.4. The fourth-order valence-electron chi connectivity index (χ4n) is 5.14. The Kier molecular flexibility index (Phi) is 7.47. The zero-order chi connectivity index (χ0) is 24.1. The number of rotatable bonds is 7. The molecule has 9 heteroatoms. The molecule has 8 nitrogen and oxygen atoms in total. The number of piperidine rings is 1. The molecule has 0 aliphatic carbocycles. The summed E-state index contributed by atoms with van der Waals surface area (Å²) in [7, 11) is 0. The summed E-state index contributed by atoms with van der Waals surface area (Å²) in [4.78, 5) is 53.6. The van der Waals surface area contributed by atoms with E-state index >= 15 is 0 Å². The Hall–Kier alpha value is -2.99. The number of carbonyl (C=O) groups excluding carboxylic acids is 4. The van der Waals surface area contributed by atoms with Gasteiger partial charge < -0.3 is 15.5 Å². The first-order valence-electron chi connectivity index (χ1n) is 11.7. The maximum absolute atomic E-state index is 13.6. The minimum atomic E-state index is -0.978. The topological polar surface area (TPSA) is 98.8 Å². The number of hydrogen-bond donors (Lipinski definition) is 2. The molecule has 0 saturated carbocycles. The molecule has 0 bridgehead atoms. The van der Waals surface area contributed by atoms with Gasteiger partial charge in [0, 0.05) is 18.8 Å². The molecule has 2 atom stereocenters. The molecule has 3 fully saturated rings. The molecule has 1 aromatic rings. The summed E-state index contributed by atoms with van der Waals surface area (Å²) in [5.41, 5.74) is 0.216. The van der Waals surface area contributed by atoms with Gasteiger partial charge in [-0.25, -0.2) is 4.79 Å². The van der Waals surface area contributed by atoms with Crippen molar-refractivity contribution in [1.29, 1.82) is 0 Å². The van der Waals surface area contributed by atoms with E-state index < -0.39 is 17.6 Å². The molecule has 3 saturated heterocycles. The summed E-state index contributed by atoms with van der Waals surface area (Å²) in [5, 5.41) is 5.59. The lowest BCUT2D eigenvalue weighted by Crippen LogP contribution is -2.57. The van der Waals surface area contributed by atoms with Crippen LogP contribution in [-0.4, -0.2) is 69.9 Å². The number of urea groups is 1. The average Bonchev–Trinajstić information content (AvgIpc) is 3.39. The van der Waals surface area contributed by atoms with E-state index in [0.29, 0.717) is 38.1 Å². The fourth-order valence-corrected chi connectivity index (χ4v) is 5.91. The molecule has 0 spiro atoms. The second-order valence-electron chi connectivity index (χ2n) is 8.95. The quantitative estimate of drug-likeness (QED) is 0.459. The number of nitrogens with zero attached hydrogens (tertiary/aromatic N) is 2. The van der Waals surface area contributed by atoms with Crippen molar-refractivity contribution in [1.82, 2.24) is 20.4 Å². The van der Waals surface area contributed by atoms with E-state index in [-0.39, 0.29) is 29.5 Å². The van der Waals surface area contributed by atoms with Crippen LogP contribution in [0.5, 0.6) is 0 Å². The van der Waals surface area contributed by atoms with Crippen LogP contribution in [0.3, 0.4) is 0 Å². The summed E-state index contributed by atoms with van der Waals surface area (Å²) in [6.07, 6.45) is 3.34. The molecule has 3 aliphatic rings. The third-order valence-corrected chi connectivity index (χ3v) is 7.85. The Morgan fingerprint density at radius 1 is 1.18 bits per heavy atom. The number of carbonyl (C=O) groups is 4. The SMILES string of the molecule is CC#CCN1C(=O)N[C@](CCCc2ccccc2)(C2CCN(C(=O)[C@@H]3CSC(=O)N3)CC2)C1=O. The van der Waals surface area contributed by atoms with E-state index in [0.717, 1.165) is 24.6 Å². The summed E-state index contributed by atoms with van der Waals surface area (Å²) >= 11 is 1.13. The van der Waals surface area contributed by atoms with Gasteiger partial charge in [0.15, 0.2) is 0 Å². The smallest absolute Gasteiger partial charge is 0.325 e. The monoisotopic (exact) mass is 482 g/mol. The van der Waals surface area contributed by atoms with Crippen LogP contribution >= 0.6 is 11.8 Å². The van der Waals surface area contributed by atoms with Gasteiger partial charge in [-0.2, -0.15) is 0 Å². The molecular weight excluding hydrogens is 452 g/mol. The van der Waals surface area contributed by atoms with Gasteiger partial charge in [-0.1, -0.05) is 48.0 Å². The predicted octanol–water partition coefficient (Wildman–Crippen LogP) is 2.39. The third-order valence-electron chi connectivity index (χ3n) is 6.97. The van der Waals surface area contributed by atoms with Crippen molar-refractivity contribution in [3.8, 4) is 11.8 Å². The van der Waals surface area contributed by atoms with Crippen molar-refractivity contribution in [2.75, 3.05) is 25.4 Å². The van der Waals surface area contributed by atoms with Crippen molar-refractivity contribution >= 4 is 34.8 Å². The highest BCUT2D eigenvalue weighted by Crippen LogP contribution is 2.37. The number of nitrogens with one attached hydrogen (secondary N) is 2. The van der Waals surface area contributed by atoms with Crippen molar-refractivity contribution in [2.24, 2.45) is 5.92 Å². The van der Waals surface area contributed by atoms with Crippen molar-refractivity contribution in [3.63, 3.8) is 0 Å². The van der Waals surface area contributed by atoms with Crippen LogP contribution in [0.25, 0.3) is 0 Å². The van der Waals surface area contributed by atoms with Crippen LogP contribution in [0.2, 0.25) is 0 Å². The van der Waals surface area contributed by atoms with Gasteiger partial charge in [0.2, 0.25) is 5.91 Å². The molecule has 34 heavy (non-hydrogen) atoms. The van der Waals surface area contributed by atoms with E-state index in [4.69, 9.17) is 0 Å². The van der Waals surface area contributed by atoms with Gasteiger partial charge in [-0.15, -0.1) is 5.92 Å². The number of imide groups is 1. The van der Waals surface area contributed by atoms with Gasteiger partial charge in [-0.05, 0) is 50.5 Å². The Balaban J connectivity index is 1.46. The lowest BCUT2D eigenvalue weighted by Gasteiger charge is -2.41. The molecule has 180 valence electrons. The van der Waals surface area contributed by atoms with Crippen molar-refractivity contribution in [2.45, 2.75) is 50.6 Å². The lowest BCUT2D eigenvalue weighted by atomic mass is 9.74. The predicted molar refractivity (Wildman–Crippen MR) is 130 cm³/mol. The molecule has 2 N–H and O–H groups in total. The van der Waals surface area contributed by atoms with E-state index in [1.807, 2.05) is 18.2 Å². The number of aryl methyl sites for hydroxylation is 1. The number of thioether (sulfide) groups is 1. The van der Waals surface area contributed by atoms with E-state index in [2.05, 4.69) is 34.6 Å². The zero-order valence-electron chi connectivity index (χ0n) is 19.3. The van der Waals surface area contributed by atoms with Crippen LogP contribution in [0.15, 0.2) is 30.3 Å². The van der Waals surface area contributed by atoms with Gasteiger partial charge >= 0.3 is 6.03 Å². The summed E-state index contributed by atoms with van der Waals surface area (Å²) in [6.45, 7) is 2.76. The van der Waals surface area contributed by atoms with E-state index in [1.165, 1.54) is 10.5 Å². The first-order valence-corrected chi connectivity index (χ1v) is 12.7. The molecule has 1 aromatic carbocycles. The van der Waals surface area contributed by atoms with Gasteiger partial charge in [0.1, 0.15) is 11.6 Å². The highest BCUT2D eigenvalue weighted by atomic mass is 32.2. The molecule has 5 amide bonds. The fraction of sp³-hybridized carbons (Fsp3) is 0.520. The normalized spacial score (nSPS) is 25.1. The van der Waals surface area contributed by atoms with Crippen molar-refractivity contribution < 1.29 is 19.2 Å². The second kappa shape index (κ2) is 10.5. The largest absolute Gasteiger partial charge is 0.341 e. The first kappa shape index (κ1) is 24.1. The summed E-state index contributed by atoms with van der Waals surface area (Å²) in [6, 6.07) is 9.22. The summed E-state index contributed by atoms with van der Waals surface area (Å²) < 4.78 is 0. The number of benzene rings is 1. The zero-order valence-corrected chi connectivity index (χ0v) is 20.2. The Morgan fingerprint density at radius 3 is 2.56 bits per heavy atom. The molecule has 0 radical (unpaired) electrons. The van der Waals surface area contributed by atoms with E-state index in [1.54, 1.807) is 11.8 Å². The molecule has 4 rings (SSSR count). The van der Waals surface area contributed by atoms with Gasteiger partial charge in [0.05, 0.1) is 6.54 Å². The highest BCUT2D eigenvalue weighted by molar-refractivity contribution is 8.14. The molecule has 3 heterocycles. The molecule has 0 unspecified atom stereocenters. The Labute approximate surface area is 204 Å².